The van der Waals surface area contributed by atoms with Crippen LogP contribution >= 0.6 is 0 Å². The maximum atomic E-state index is 14.7. The van der Waals surface area contributed by atoms with Crippen molar-refractivity contribution in [3.05, 3.63) is 88.6 Å². The van der Waals surface area contributed by atoms with E-state index in [-0.39, 0.29) is 37.4 Å². The summed E-state index contributed by atoms with van der Waals surface area (Å²) in [7, 11) is 0. The van der Waals surface area contributed by atoms with Crippen LogP contribution in [0.15, 0.2) is 54.6 Å². The van der Waals surface area contributed by atoms with Crippen LogP contribution in [0.2, 0.25) is 0 Å². The first-order chi connectivity index (χ1) is 21.3. The normalized spacial score (nSPS) is 20.3. The number of hydrogen-bond donors (Lipinski definition) is 2. The Labute approximate surface area is 254 Å². The van der Waals surface area contributed by atoms with Gasteiger partial charge in [0.2, 0.25) is 5.88 Å². The van der Waals surface area contributed by atoms with Gasteiger partial charge in [0.15, 0.2) is 0 Å². The van der Waals surface area contributed by atoms with Crippen molar-refractivity contribution in [2.75, 3.05) is 32.9 Å². The van der Waals surface area contributed by atoms with Crippen LogP contribution in [-0.2, 0) is 34.8 Å². The number of rotatable bonds is 10. The van der Waals surface area contributed by atoms with Crippen molar-refractivity contribution in [1.29, 1.82) is 0 Å². The summed E-state index contributed by atoms with van der Waals surface area (Å²) >= 11 is 0. The van der Waals surface area contributed by atoms with E-state index >= 15 is 0 Å². The molecule has 10 nitrogen and oxygen atoms in total. The zero-order valence-corrected chi connectivity index (χ0v) is 24.3. The third-order valence-corrected chi connectivity index (χ3v) is 9.02. The lowest BCUT2D eigenvalue weighted by molar-refractivity contribution is -0.184. The van der Waals surface area contributed by atoms with Crippen molar-refractivity contribution in [3.8, 4) is 5.88 Å². The minimum atomic E-state index is -1.11. The van der Waals surface area contributed by atoms with Crippen molar-refractivity contribution in [2.45, 2.75) is 56.6 Å². The Kier molecular flexibility index (Phi) is 7.79. The summed E-state index contributed by atoms with van der Waals surface area (Å²) in [4.78, 5) is 23.6. The minimum Gasteiger partial charge on any atom is -0.478 e. The number of halogens is 1. The second-order valence-corrected chi connectivity index (χ2v) is 12.0. The summed E-state index contributed by atoms with van der Waals surface area (Å²) in [6.45, 7) is 4.21. The molecule has 2 N–H and O–H groups in total. The molecule has 3 aliphatic rings. The van der Waals surface area contributed by atoms with E-state index in [0.29, 0.717) is 30.1 Å². The molecule has 4 aromatic rings. The number of aliphatic hydroxyl groups is 1. The molecule has 44 heavy (non-hydrogen) atoms. The summed E-state index contributed by atoms with van der Waals surface area (Å²) in [5, 5.41) is 19.9. The lowest BCUT2D eigenvalue weighted by Crippen LogP contribution is -2.46. The number of aromatic carboxylic acids is 1. The van der Waals surface area contributed by atoms with Crippen LogP contribution < -0.4 is 4.74 Å². The third kappa shape index (κ3) is 5.80. The first kappa shape index (κ1) is 28.8. The number of benzene rings is 2. The van der Waals surface area contributed by atoms with Crippen LogP contribution in [-0.4, -0.2) is 74.6 Å². The number of piperidine rings is 1. The zero-order valence-electron chi connectivity index (χ0n) is 24.3. The molecule has 0 amide bonds. The number of carboxylic acid groups (broad SMARTS) is 1. The van der Waals surface area contributed by atoms with Gasteiger partial charge < -0.3 is 29.0 Å². The van der Waals surface area contributed by atoms with Gasteiger partial charge in [-0.3, -0.25) is 4.90 Å². The third-order valence-electron chi connectivity index (χ3n) is 9.02. The summed E-state index contributed by atoms with van der Waals surface area (Å²) < 4.78 is 33.5. The van der Waals surface area contributed by atoms with Crippen molar-refractivity contribution in [1.82, 2.24) is 19.4 Å². The second-order valence-electron chi connectivity index (χ2n) is 12.0. The summed E-state index contributed by atoms with van der Waals surface area (Å²) in [6.07, 6.45) is 2.96. The minimum absolute atomic E-state index is 0.0385. The molecule has 11 heteroatoms. The van der Waals surface area contributed by atoms with Crippen LogP contribution in [0.5, 0.6) is 5.88 Å². The lowest BCUT2D eigenvalue weighted by Gasteiger charge is -2.36. The molecule has 0 radical (unpaired) electrons. The molecule has 5 heterocycles. The second kappa shape index (κ2) is 11.9. The SMILES string of the molecule is O=C(O)c1ccc2nc(CN3CCC(c4cccc(OCc5ccc(C6(O)COC6)cc5F)n4)CC3)n(C[C@@H]3CCO3)c2c1. The van der Waals surface area contributed by atoms with Crippen molar-refractivity contribution < 1.29 is 33.6 Å². The highest BCUT2D eigenvalue weighted by Crippen LogP contribution is 2.32. The van der Waals surface area contributed by atoms with Gasteiger partial charge in [0.25, 0.3) is 0 Å². The molecule has 3 aliphatic heterocycles. The molecular weight excluding hydrogens is 567 g/mol. The molecule has 0 unspecified atom stereocenters. The molecule has 0 bridgehead atoms. The Morgan fingerprint density at radius 1 is 1.07 bits per heavy atom. The molecule has 3 saturated heterocycles. The highest BCUT2D eigenvalue weighted by Gasteiger charge is 2.38. The van der Waals surface area contributed by atoms with E-state index < -0.39 is 17.4 Å². The van der Waals surface area contributed by atoms with Gasteiger partial charge in [-0.25, -0.2) is 19.2 Å². The van der Waals surface area contributed by atoms with Gasteiger partial charge in [-0.2, -0.15) is 0 Å². The number of fused-ring (bicyclic) bond motifs is 1. The van der Waals surface area contributed by atoms with Crippen molar-refractivity contribution in [3.63, 3.8) is 0 Å². The highest BCUT2D eigenvalue weighted by atomic mass is 19.1. The van der Waals surface area contributed by atoms with E-state index in [1.165, 1.54) is 6.07 Å². The molecule has 0 spiro atoms. The fraction of sp³-hybridized carbons (Fsp3) is 0.424. The van der Waals surface area contributed by atoms with Crippen LogP contribution in [0.1, 0.15) is 58.2 Å². The largest absolute Gasteiger partial charge is 0.478 e. The fourth-order valence-electron chi connectivity index (χ4n) is 6.16. The first-order valence-corrected chi connectivity index (χ1v) is 15.1. The molecule has 7 rings (SSSR count). The van der Waals surface area contributed by atoms with E-state index in [0.717, 1.165) is 61.5 Å². The van der Waals surface area contributed by atoms with Gasteiger partial charge in [-0.05, 0) is 68.2 Å². The Bertz CT molecular complexity index is 1680. The zero-order chi connectivity index (χ0) is 30.3. The quantitative estimate of drug-likeness (QED) is 0.275. The lowest BCUT2D eigenvalue weighted by atomic mass is 9.91. The number of hydrogen-bond acceptors (Lipinski definition) is 8. The summed E-state index contributed by atoms with van der Waals surface area (Å²) in [6, 6.07) is 15.5. The predicted molar refractivity (Wildman–Crippen MR) is 158 cm³/mol. The average Bonchev–Trinajstić information content (AvgIpc) is 3.33. The Hall–Kier alpha value is -3.90. The van der Waals surface area contributed by atoms with Gasteiger partial charge in [-0.15, -0.1) is 0 Å². The van der Waals surface area contributed by atoms with Gasteiger partial charge in [0.05, 0.1) is 49.0 Å². The number of ether oxygens (including phenoxy) is 3. The van der Waals surface area contributed by atoms with E-state index in [2.05, 4.69) is 9.47 Å². The van der Waals surface area contributed by atoms with Crippen LogP contribution in [0.25, 0.3) is 11.0 Å². The standard InChI is InChI=1S/C33H35FN4O6/c34-26-15-24(33(41)19-42-20-33)6-4-23(26)18-44-31-3-1-2-27(36-31)21-8-11-37(12-9-21)17-30-35-28-7-5-22(32(39)40)14-29(28)38(30)16-25-10-13-43-25/h1-7,14-15,21,25,41H,8-13,16-20H2,(H,39,40)/t25-/m0/s1. The molecule has 2 aromatic carbocycles. The van der Waals surface area contributed by atoms with Gasteiger partial charge in [0.1, 0.15) is 23.8 Å². The molecule has 230 valence electrons. The summed E-state index contributed by atoms with van der Waals surface area (Å²) in [5.74, 6) is 0.263. The Balaban J connectivity index is 0.982. The fourth-order valence-corrected chi connectivity index (χ4v) is 6.16. The monoisotopic (exact) mass is 602 g/mol. The van der Waals surface area contributed by atoms with Crippen LogP contribution in [0.3, 0.4) is 0 Å². The van der Waals surface area contributed by atoms with E-state index in [4.69, 9.17) is 24.2 Å². The maximum Gasteiger partial charge on any atom is 0.335 e. The number of pyridine rings is 1. The first-order valence-electron chi connectivity index (χ1n) is 15.1. The molecule has 1 atom stereocenters. The number of nitrogens with zero attached hydrogens (tertiary/aromatic N) is 4. The van der Waals surface area contributed by atoms with E-state index in [1.807, 2.05) is 12.1 Å². The topological polar surface area (TPSA) is 119 Å². The Morgan fingerprint density at radius 2 is 1.89 bits per heavy atom. The summed E-state index contributed by atoms with van der Waals surface area (Å²) in [5.41, 5.74) is 2.62. The van der Waals surface area contributed by atoms with E-state index in [1.54, 1.807) is 36.4 Å². The predicted octanol–water partition coefficient (Wildman–Crippen LogP) is 4.23. The van der Waals surface area contributed by atoms with Gasteiger partial charge >= 0.3 is 5.97 Å². The Morgan fingerprint density at radius 3 is 2.57 bits per heavy atom. The molecule has 3 fully saturated rings. The van der Waals surface area contributed by atoms with Crippen molar-refractivity contribution in [2.24, 2.45) is 0 Å². The number of aromatic nitrogens is 3. The number of carboxylic acids is 1. The number of carbonyl (C=O) groups is 1. The van der Waals surface area contributed by atoms with E-state index in [9.17, 15) is 19.4 Å². The molecule has 2 aromatic heterocycles. The highest BCUT2D eigenvalue weighted by molar-refractivity contribution is 5.92. The number of likely N-dealkylation sites (tertiary alicyclic amines) is 1. The van der Waals surface area contributed by atoms with Gasteiger partial charge in [-0.1, -0.05) is 18.2 Å². The average molecular weight is 603 g/mol. The maximum absolute atomic E-state index is 14.7. The molecule has 0 aliphatic carbocycles. The van der Waals surface area contributed by atoms with Gasteiger partial charge in [0, 0.05) is 29.8 Å². The molecular formula is C33H35FN4O6. The number of imidazole rings is 1. The van der Waals surface area contributed by atoms with Crippen molar-refractivity contribution >= 4 is 17.0 Å². The smallest absolute Gasteiger partial charge is 0.335 e. The molecule has 0 saturated carbocycles. The van der Waals surface area contributed by atoms with Crippen LogP contribution in [0.4, 0.5) is 4.39 Å². The van der Waals surface area contributed by atoms with Crippen LogP contribution in [0, 0.1) is 5.82 Å².